The highest BCUT2D eigenvalue weighted by atomic mass is 19.1. The fourth-order valence-corrected chi connectivity index (χ4v) is 4.09. The number of H-pyrrole nitrogens is 1. The number of nitrogens with one attached hydrogen (secondary N) is 2. The lowest BCUT2D eigenvalue weighted by atomic mass is 10.1. The number of carbonyl (C=O) groups is 3. The van der Waals surface area contributed by atoms with Gasteiger partial charge in [0.2, 0.25) is 5.91 Å². The van der Waals surface area contributed by atoms with Gasteiger partial charge in [0.1, 0.15) is 22.8 Å². The van der Waals surface area contributed by atoms with Crippen LogP contribution in [0.2, 0.25) is 0 Å². The molecular weight excluding hydrogens is 564 g/mol. The number of rotatable bonds is 11. The Bertz CT molecular complexity index is 1590. The first-order valence-corrected chi connectivity index (χ1v) is 13.7. The van der Waals surface area contributed by atoms with Crippen LogP contribution < -0.4 is 10.9 Å². The maximum absolute atomic E-state index is 15.0. The van der Waals surface area contributed by atoms with Crippen LogP contribution in [0.5, 0.6) is 0 Å². The molecule has 1 atom stereocenters. The van der Waals surface area contributed by atoms with E-state index in [0.717, 1.165) is 21.7 Å². The Kier molecular flexibility index (Phi) is 10.7. The van der Waals surface area contributed by atoms with Crippen LogP contribution in [-0.2, 0) is 27.3 Å². The number of ether oxygens (including phenoxy) is 1. The van der Waals surface area contributed by atoms with Crippen molar-refractivity contribution in [2.45, 2.75) is 52.7 Å². The summed E-state index contributed by atoms with van der Waals surface area (Å²) in [6.45, 7) is 5.13. The van der Waals surface area contributed by atoms with E-state index in [-0.39, 0.29) is 53.9 Å². The molecular formula is C29H37F2N7O5. The molecule has 2 N–H and O–H groups in total. The minimum atomic E-state index is -1.35. The molecule has 0 aliphatic heterocycles. The average Bonchev–Trinajstić information content (AvgIpc) is 3.37. The third kappa shape index (κ3) is 8.23. The summed E-state index contributed by atoms with van der Waals surface area (Å²) in [4.78, 5) is 64.5. The number of carbonyl (C=O) groups excluding carboxylic acids is 3. The van der Waals surface area contributed by atoms with Crippen LogP contribution in [-0.4, -0.2) is 81.5 Å². The molecule has 3 rings (SSSR count). The molecule has 0 aliphatic carbocycles. The second-order valence-electron chi connectivity index (χ2n) is 10.9. The molecule has 43 heavy (non-hydrogen) atoms. The molecule has 3 aromatic rings. The highest BCUT2D eigenvalue weighted by Gasteiger charge is 2.25. The molecule has 0 bridgehead atoms. The third-order valence-corrected chi connectivity index (χ3v) is 6.46. The number of nitrogens with zero attached hydrogens (tertiary/aromatic N) is 5. The SMILES string of the molecule is Cc1c(F)cc(NC(=O)C(CCC=CC(=O)N(C)C)OC(=O)N(C)C)c(=O)n1Cc1nc2c(F)cnc(CC(C)C)c2[nH]1. The second kappa shape index (κ2) is 14.0. The van der Waals surface area contributed by atoms with Crippen molar-refractivity contribution in [2.24, 2.45) is 5.92 Å². The predicted molar refractivity (Wildman–Crippen MR) is 157 cm³/mol. The number of hydrogen-bond donors (Lipinski definition) is 2. The number of pyridine rings is 2. The molecule has 0 saturated heterocycles. The monoisotopic (exact) mass is 601 g/mol. The lowest BCUT2D eigenvalue weighted by Gasteiger charge is -2.20. The van der Waals surface area contributed by atoms with Gasteiger partial charge in [-0.3, -0.25) is 19.4 Å². The second-order valence-corrected chi connectivity index (χ2v) is 10.9. The number of amides is 3. The Hall–Kier alpha value is -4.62. The van der Waals surface area contributed by atoms with Crippen molar-refractivity contribution < 1.29 is 27.9 Å². The zero-order valence-corrected chi connectivity index (χ0v) is 25.3. The van der Waals surface area contributed by atoms with Crippen molar-refractivity contribution in [1.82, 2.24) is 29.3 Å². The summed E-state index contributed by atoms with van der Waals surface area (Å²) in [5.41, 5.74) is -0.101. The summed E-state index contributed by atoms with van der Waals surface area (Å²) in [5, 5.41) is 2.38. The molecule has 0 aromatic carbocycles. The predicted octanol–water partition coefficient (Wildman–Crippen LogP) is 3.38. The largest absolute Gasteiger partial charge is 0.436 e. The maximum atomic E-state index is 15.0. The van der Waals surface area contributed by atoms with Gasteiger partial charge in [0.05, 0.1) is 29.6 Å². The molecule has 0 saturated carbocycles. The van der Waals surface area contributed by atoms with Gasteiger partial charge in [-0.1, -0.05) is 19.9 Å². The van der Waals surface area contributed by atoms with Gasteiger partial charge < -0.3 is 29.4 Å². The summed E-state index contributed by atoms with van der Waals surface area (Å²) in [6.07, 6.45) is 2.54. The smallest absolute Gasteiger partial charge is 0.410 e. The summed E-state index contributed by atoms with van der Waals surface area (Å²) < 4.78 is 35.9. The van der Waals surface area contributed by atoms with Gasteiger partial charge in [-0.05, 0) is 38.2 Å². The number of aromatic amines is 1. The van der Waals surface area contributed by atoms with Crippen LogP contribution in [0, 0.1) is 24.5 Å². The van der Waals surface area contributed by atoms with Crippen molar-refractivity contribution in [3.8, 4) is 0 Å². The van der Waals surface area contributed by atoms with Gasteiger partial charge in [0.25, 0.3) is 11.5 Å². The summed E-state index contributed by atoms with van der Waals surface area (Å²) >= 11 is 0. The third-order valence-electron chi connectivity index (χ3n) is 6.46. The number of fused-ring (bicyclic) bond motifs is 1. The average molecular weight is 602 g/mol. The van der Waals surface area contributed by atoms with Crippen LogP contribution >= 0.6 is 0 Å². The highest BCUT2D eigenvalue weighted by molar-refractivity contribution is 5.95. The molecule has 0 spiro atoms. The Morgan fingerprint density at radius 2 is 1.84 bits per heavy atom. The van der Waals surface area contributed by atoms with Gasteiger partial charge in [-0.25, -0.2) is 18.6 Å². The first-order chi connectivity index (χ1) is 20.2. The topological polar surface area (TPSA) is 143 Å². The van der Waals surface area contributed by atoms with E-state index in [2.05, 4.69) is 20.3 Å². The Morgan fingerprint density at radius 3 is 2.47 bits per heavy atom. The van der Waals surface area contributed by atoms with Crippen molar-refractivity contribution in [3.63, 3.8) is 0 Å². The van der Waals surface area contributed by atoms with E-state index < -0.39 is 35.3 Å². The van der Waals surface area contributed by atoms with Gasteiger partial charge in [0.15, 0.2) is 11.9 Å². The number of imidazole rings is 1. The molecule has 0 radical (unpaired) electrons. The van der Waals surface area contributed by atoms with Crippen LogP contribution in [0.4, 0.5) is 19.3 Å². The van der Waals surface area contributed by atoms with E-state index in [4.69, 9.17) is 4.74 Å². The highest BCUT2D eigenvalue weighted by Crippen LogP contribution is 2.21. The van der Waals surface area contributed by atoms with Gasteiger partial charge in [-0.15, -0.1) is 0 Å². The van der Waals surface area contributed by atoms with Crippen molar-refractivity contribution in [1.29, 1.82) is 0 Å². The minimum absolute atomic E-state index is 0.0115. The zero-order chi connectivity index (χ0) is 32.0. The van der Waals surface area contributed by atoms with E-state index in [1.165, 1.54) is 38.1 Å². The van der Waals surface area contributed by atoms with Crippen LogP contribution in [0.3, 0.4) is 0 Å². The molecule has 232 valence electrons. The maximum Gasteiger partial charge on any atom is 0.410 e. The van der Waals surface area contributed by atoms with Crippen molar-refractivity contribution in [2.75, 3.05) is 33.5 Å². The first-order valence-electron chi connectivity index (χ1n) is 13.7. The number of allylic oxidation sites excluding steroid dienone is 1. The molecule has 0 fully saturated rings. The number of likely N-dealkylation sites (N-methyl/N-ethyl adjacent to an activating group) is 1. The van der Waals surface area contributed by atoms with Crippen molar-refractivity contribution >= 4 is 34.6 Å². The van der Waals surface area contributed by atoms with Gasteiger partial charge in [-0.2, -0.15) is 0 Å². The van der Waals surface area contributed by atoms with Gasteiger partial charge in [0, 0.05) is 34.3 Å². The quantitative estimate of drug-likeness (QED) is 0.321. The number of aromatic nitrogens is 4. The minimum Gasteiger partial charge on any atom is -0.436 e. The van der Waals surface area contributed by atoms with Gasteiger partial charge >= 0.3 is 6.09 Å². The zero-order valence-electron chi connectivity index (χ0n) is 25.3. The fourth-order valence-electron chi connectivity index (χ4n) is 4.09. The molecule has 3 amide bonds. The molecule has 3 aromatic heterocycles. The molecule has 1 unspecified atom stereocenters. The van der Waals surface area contributed by atoms with Crippen LogP contribution in [0.1, 0.15) is 43.9 Å². The van der Waals surface area contributed by atoms with E-state index in [1.807, 2.05) is 13.8 Å². The molecule has 12 nitrogen and oxygen atoms in total. The Morgan fingerprint density at radius 1 is 1.14 bits per heavy atom. The Labute approximate surface area is 247 Å². The summed E-state index contributed by atoms with van der Waals surface area (Å²) in [6, 6.07) is 0.884. The Balaban J connectivity index is 1.90. The van der Waals surface area contributed by atoms with E-state index in [0.29, 0.717) is 17.6 Å². The van der Waals surface area contributed by atoms with Crippen LogP contribution in [0.15, 0.2) is 29.2 Å². The molecule has 14 heteroatoms. The van der Waals surface area contributed by atoms with E-state index in [1.54, 1.807) is 14.1 Å². The van der Waals surface area contributed by atoms with E-state index >= 15 is 4.39 Å². The van der Waals surface area contributed by atoms with E-state index in [9.17, 15) is 23.6 Å². The lowest BCUT2D eigenvalue weighted by molar-refractivity contribution is -0.125. The summed E-state index contributed by atoms with van der Waals surface area (Å²) in [5.74, 6) is -2.11. The summed E-state index contributed by atoms with van der Waals surface area (Å²) in [7, 11) is 6.05. The first kappa shape index (κ1) is 32.9. The van der Waals surface area contributed by atoms with Crippen LogP contribution in [0.25, 0.3) is 11.0 Å². The molecule has 3 heterocycles. The molecule has 0 aliphatic rings. The fraction of sp³-hybridized carbons (Fsp3) is 0.448. The van der Waals surface area contributed by atoms with Crippen molar-refractivity contribution in [3.05, 3.63) is 63.6 Å². The number of halogens is 2. The normalized spacial score (nSPS) is 12.1. The lowest BCUT2D eigenvalue weighted by Crippen LogP contribution is -2.38. The number of hydrogen-bond acceptors (Lipinski definition) is 7. The number of anilines is 1. The standard InChI is InChI=1S/C29H37F2N7O5/c1-16(2)12-20-26-25(19(31)14-32-20)34-23(35-26)15-38-17(3)18(30)13-21(28(38)41)33-27(40)22(43-29(42)37(6)7)10-8-9-11-24(39)36(4)5/h9,11,13-14,16,22H,8,10,12,15H2,1-7H3,(H,33,40)(H,34,35).